The summed E-state index contributed by atoms with van der Waals surface area (Å²) in [6, 6.07) is 7.85. The van der Waals surface area contributed by atoms with E-state index in [0.29, 0.717) is 18.7 Å². The number of furan rings is 1. The fourth-order valence-corrected chi connectivity index (χ4v) is 3.53. The summed E-state index contributed by atoms with van der Waals surface area (Å²) in [7, 11) is 0. The largest absolute Gasteiger partial charge is 0.453 e. The Bertz CT molecular complexity index is 650. The number of hydrogen-bond donors (Lipinski definition) is 1. The van der Waals surface area contributed by atoms with E-state index in [1.807, 2.05) is 31.2 Å². The molecule has 1 saturated carbocycles. The van der Waals surface area contributed by atoms with Gasteiger partial charge in [-0.3, -0.25) is 4.79 Å². The molecule has 1 heterocycles. The number of Topliss-reactive ketones (excluding diaryl/α,β-unsaturated/α-hetero) is 1. The van der Waals surface area contributed by atoms with Crippen molar-refractivity contribution in [1.29, 1.82) is 0 Å². The van der Waals surface area contributed by atoms with Crippen molar-refractivity contribution in [3.63, 3.8) is 0 Å². The molecular formula is C18H23NO2. The van der Waals surface area contributed by atoms with Crippen LogP contribution in [0.2, 0.25) is 0 Å². The summed E-state index contributed by atoms with van der Waals surface area (Å²) >= 11 is 0. The van der Waals surface area contributed by atoms with E-state index >= 15 is 0 Å². The second kappa shape index (κ2) is 5.64. The lowest BCUT2D eigenvalue weighted by molar-refractivity contribution is 0.0842. The summed E-state index contributed by atoms with van der Waals surface area (Å²) < 4.78 is 5.80. The Morgan fingerprint density at radius 2 is 2.05 bits per heavy atom. The molecule has 0 saturated heterocycles. The minimum Gasteiger partial charge on any atom is -0.453 e. The molecule has 3 nitrogen and oxygen atoms in total. The second-order valence-corrected chi connectivity index (χ2v) is 6.47. The first-order valence-corrected chi connectivity index (χ1v) is 7.86. The first kappa shape index (κ1) is 14.3. The highest BCUT2D eigenvalue weighted by Crippen LogP contribution is 2.39. The Labute approximate surface area is 125 Å². The fraction of sp³-hybridized carbons (Fsp3) is 0.500. The average Bonchev–Trinajstić information content (AvgIpc) is 2.94. The maximum atomic E-state index is 12.6. The van der Waals surface area contributed by atoms with Gasteiger partial charge in [-0.1, -0.05) is 37.5 Å². The third-order valence-electron chi connectivity index (χ3n) is 4.90. The minimum atomic E-state index is -0.0106. The number of carbonyl (C=O) groups is 1. The van der Waals surface area contributed by atoms with Crippen molar-refractivity contribution < 1.29 is 9.21 Å². The van der Waals surface area contributed by atoms with Crippen molar-refractivity contribution >= 4 is 16.8 Å². The molecule has 112 valence electrons. The molecular weight excluding hydrogens is 262 g/mol. The fourth-order valence-electron chi connectivity index (χ4n) is 3.53. The smallest absolute Gasteiger partial charge is 0.198 e. The van der Waals surface area contributed by atoms with E-state index in [1.165, 1.54) is 19.3 Å². The molecule has 0 bridgehead atoms. The standard InChI is InChI=1S/C18H23NO2/c1-13-6-5-7-14-10-16(21-17(13)14)15(20)11-18(12-19)8-3-2-4-9-18/h5-7,10H,2-4,8-9,11-12,19H2,1H3. The summed E-state index contributed by atoms with van der Waals surface area (Å²) in [6.07, 6.45) is 6.28. The van der Waals surface area contributed by atoms with Crippen molar-refractivity contribution in [3.05, 3.63) is 35.6 Å². The zero-order chi connectivity index (χ0) is 14.9. The van der Waals surface area contributed by atoms with E-state index in [4.69, 9.17) is 10.2 Å². The minimum absolute atomic E-state index is 0.0106. The van der Waals surface area contributed by atoms with Crippen molar-refractivity contribution in [3.8, 4) is 0 Å². The quantitative estimate of drug-likeness (QED) is 0.855. The van der Waals surface area contributed by atoms with Gasteiger partial charge in [0.1, 0.15) is 5.58 Å². The summed E-state index contributed by atoms with van der Waals surface area (Å²) in [6.45, 7) is 2.60. The lowest BCUT2D eigenvalue weighted by atomic mass is 9.71. The van der Waals surface area contributed by atoms with Crippen LogP contribution in [0.1, 0.15) is 54.6 Å². The molecule has 1 aromatic heterocycles. The van der Waals surface area contributed by atoms with Crippen LogP contribution in [-0.2, 0) is 0 Å². The van der Waals surface area contributed by atoms with Gasteiger partial charge in [-0.05, 0) is 43.4 Å². The molecule has 0 radical (unpaired) electrons. The Hall–Kier alpha value is -1.61. The van der Waals surface area contributed by atoms with E-state index in [1.54, 1.807) is 0 Å². The average molecular weight is 285 g/mol. The van der Waals surface area contributed by atoms with Crippen molar-refractivity contribution in [2.75, 3.05) is 6.54 Å². The summed E-state index contributed by atoms with van der Waals surface area (Å²) in [5, 5.41) is 1.00. The number of benzene rings is 1. The predicted octanol–water partition coefficient (Wildman–Crippen LogP) is 4.22. The van der Waals surface area contributed by atoms with E-state index in [2.05, 4.69) is 0 Å². The van der Waals surface area contributed by atoms with Crippen LogP contribution in [0.3, 0.4) is 0 Å². The van der Waals surface area contributed by atoms with Crippen molar-refractivity contribution in [2.24, 2.45) is 11.1 Å². The predicted molar refractivity (Wildman–Crippen MR) is 84.5 cm³/mol. The molecule has 3 rings (SSSR count). The Morgan fingerprint density at radius 1 is 1.29 bits per heavy atom. The van der Waals surface area contributed by atoms with E-state index in [-0.39, 0.29) is 11.2 Å². The maximum absolute atomic E-state index is 12.6. The first-order valence-electron chi connectivity index (χ1n) is 7.86. The van der Waals surface area contributed by atoms with Gasteiger partial charge in [0.05, 0.1) is 0 Å². The number of rotatable bonds is 4. The second-order valence-electron chi connectivity index (χ2n) is 6.47. The number of para-hydroxylation sites is 1. The van der Waals surface area contributed by atoms with E-state index in [9.17, 15) is 4.79 Å². The van der Waals surface area contributed by atoms with Crippen LogP contribution in [0.25, 0.3) is 11.0 Å². The normalized spacial score (nSPS) is 18.0. The first-order chi connectivity index (χ1) is 10.1. The van der Waals surface area contributed by atoms with Crippen molar-refractivity contribution in [1.82, 2.24) is 0 Å². The number of hydrogen-bond acceptors (Lipinski definition) is 3. The summed E-state index contributed by atoms with van der Waals surface area (Å²) in [5.41, 5.74) is 7.86. The Balaban J connectivity index is 1.84. The summed E-state index contributed by atoms with van der Waals surface area (Å²) in [5.74, 6) is 0.579. The van der Waals surface area contributed by atoms with Gasteiger partial charge in [-0.15, -0.1) is 0 Å². The molecule has 1 aliphatic carbocycles. The molecule has 3 heteroatoms. The lowest BCUT2D eigenvalue weighted by Crippen LogP contribution is -2.35. The molecule has 0 aliphatic heterocycles. The Kier molecular flexibility index (Phi) is 3.85. The van der Waals surface area contributed by atoms with Gasteiger partial charge in [-0.2, -0.15) is 0 Å². The van der Waals surface area contributed by atoms with Crippen LogP contribution in [0.4, 0.5) is 0 Å². The topological polar surface area (TPSA) is 56.2 Å². The summed E-state index contributed by atoms with van der Waals surface area (Å²) in [4.78, 5) is 12.6. The zero-order valence-electron chi connectivity index (χ0n) is 12.7. The van der Waals surface area contributed by atoms with Gasteiger partial charge in [0, 0.05) is 11.8 Å². The number of carbonyl (C=O) groups excluding carboxylic acids is 1. The van der Waals surface area contributed by atoms with E-state index < -0.39 is 0 Å². The molecule has 2 aromatic rings. The van der Waals surface area contributed by atoms with Crippen LogP contribution in [0.15, 0.2) is 28.7 Å². The van der Waals surface area contributed by atoms with Gasteiger partial charge in [-0.25, -0.2) is 0 Å². The van der Waals surface area contributed by atoms with Crippen LogP contribution >= 0.6 is 0 Å². The van der Waals surface area contributed by atoms with Gasteiger partial charge in [0.2, 0.25) is 0 Å². The number of nitrogens with two attached hydrogens (primary N) is 1. The molecule has 21 heavy (non-hydrogen) atoms. The molecule has 0 amide bonds. The molecule has 0 spiro atoms. The highest BCUT2D eigenvalue weighted by atomic mass is 16.3. The molecule has 0 atom stereocenters. The van der Waals surface area contributed by atoms with Crippen LogP contribution < -0.4 is 5.73 Å². The third kappa shape index (κ3) is 2.75. The maximum Gasteiger partial charge on any atom is 0.198 e. The molecule has 2 N–H and O–H groups in total. The van der Waals surface area contributed by atoms with Crippen molar-refractivity contribution in [2.45, 2.75) is 45.4 Å². The highest BCUT2D eigenvalue weighted by Gasteiger charge is 2.34. The lowest BCUT2D eigenvalue weighted by Gasteiger charge is -2.35. The Morgan fingerprint density at radius 3 is 2.71 bits per heavy atom. The molecule has 0 unspecified atom stereocenters. The third-order valence-corrected chi connectivity index (χ3v) is 4.90. The van der Waals surface area contributed by atoms with Gasteiger partial charge < -0.3 is 10.2 Å². The molecule has 1 aromatic carbocycles. The monoisotopic (exact) mass is 285 g/mol. The van der Waals surface area contributed by atoms with Gasteiger partial charge in [0.25, 0.3) is 0 Å². The number of aryl methyl sites for hydroxylation is 1. The number of ketones is 1. The zero-order valence-corrected chi connectivity index (χ0v) is 12.7. The molecule has 1 aliphatic rings. The van der Waals surface area contributed by atoms with E-state index in [0.717, 1.165) is 29.4 Å². The number of fused-ring (bicyclic) bond motifs is 1. The SMILES string of the molecule is Cc1cccc2cc(C(=O)CC3(CN)CCCCC3)oc12. The van der Waals surface area contributed by atoms with Gasteiger partial charge >= 0.3 is 0 Å². The van der Waals surface area contributed by atoms with Crippen LogP contribution in [-0.4, -0.2) is 12.3 Å². The van der Waals surface area contributed by atoms with Gasteiger partial charge in [0.15, 0.2) is 11.5 Å². The van der Waals surface area contributed by atoms with Crippen LogP contribution in [0, 0.1) is 12.3 Å². The molecule has 1 fully saturated rings. The highest BCUT2D eigenvalue weighted by molar-refractivity contribution is 5.98. The van der Waals surface area contributed by atoms with Crippen LogP contribution in [0.5, 0.6) is 0 Å².